The summed E-state index contributed by atoms with van der Waals surface area (Å²) in [6.45, 7) is 2.70. The Morgan fingerprint density at radius 3 is 3.05 bits per heavy atom. The van der Waals surface area contributed by atoms with Crippen LogP contribution < -0.4 is 10.5 Å². The number of aromatic nitrogens is 2. The van der Waals surface area contributed by atoms with E-state index in [4.69, 9.17) is 10.5 Å². The van der Waals surface area contributed by atoms with Gasteiger partial charge in [0.25, 0.3) is 5.91 Å². The largest absolute Gasteiger partial charge is 0.483 e. The fourth-order valence-corrected chi connectivity index (χ4v) is 3.74. The molecule has 2 heterocycles. The Hall–Kier alpha value is -1.82. The Bertz CT molecular complexity index is 672. The van der Waals surface area contributed by atoms with Crippen molar-refractivity contribution < 1.29 is 9.53 Å². The lowest BCUT2D eigenvalue weighted by Gasteiger charge is -2.16. The SMILES string of the molecule is CCCOc1sc(C(N)=O)c2c1-c1c(cnn1C)CC2. The number of amides is 1. The van der Waals surface area contributed by atoms with Crippen molar-refractivity contribution in [3.63, 3.8) is 0 Å². The zero-order valence-corrected chi connectivity index (χ0v) is 12.4. The van der Waals surface area contributed by atoms with Crippen LogP contribution in [0.4, 0.5) is 0 Å². The number of hydrogen-bond donors (Lipinski definition) is 1. The number of primary amides is 1. The third kappa shape index (κ3) is 1.91. The van der Waals surface area contributed by atoms with Crippen LogP contribution in [0.3, 0.4) is 0 Å². The van der Waals surface area contributed by atoms with Crippen molar-refractivity contribution in [3.05, 3.63) is 22.2 Å². The fraction of sp³-hybridized carbons (Fsp3) is 0.429. The first-order valence-electron chi connectivity index (χ1n) is 6.73. The van der Waals surface area contributed by atoms with Gasteiger partial charge in [0.2, 0.25) is 0 Å². The summed E-state index contributed by atoms with van der Waals surface area (Å²) in [5.74, 6) is -0.372. The molecule has 0 fully saturated rings. The molecule has 0 aliphatic heterocycles. The number of rotatable bonds is 4. The number of thiophene rings is 1. The molecule has 6 heteroatoms. The highest BCUT2D eigenvalue weighted by Gasteiger charge is 2.30. The minimum absolute atomic E-state index is 0.372. The molecule has 3 rings (SSSR count). The summed E-state index contributed by atoms with van der Waals surface area (Å²) in [5, 5.41) is 5.11. The van der Waals surface area contributed by atoms with Gasteiger partial charge in [-0.15, -0.1) is 0 Å². The van der Waals surface area contributed by atoms with Crippen LogP contribution in [0.15, 0.2) is 6.20 Å². The van der Waals surface area contributed by atoms with Crippen LogP contribution in [-0.4, -0.2) is 22.3 Å². The summed E-state index contributed by atoms with van der Waals surface area (Å²) >= 11 is 1.36. The third-order valence-corrected chi connectivity index (χ3v) is 4.69. The molecule has 1 amide bonds. The molecule has 106 valence electrons. The van der Waals surface area contributed by atoms with Gasteiger partial charge in [-0.25, -0.2) is 0 Å². The van der Waals surface area contributed by atoms with Crippen LogP contribution >= 0.6 is 11.3 Å². The van der Waals surface area contributed by atoms with Gasteiger partial charge in [-0.1, -0.05) is 18.3 Å². The topological polar surface area (TPSA) is 70.1 Å². The van der Waals surface area contributed by atoms with Crippen molar-refractivity contribution in [2.24, 2.45) is 12.8 Å². The van der Waals surface area contributed by atoms with Gasteiger partial charge >= 0.3 is 0 Å². The van der Waals surface area contributed by atoms with Crippen LogP contribution in [0.5, 0.6) is 5.06 Å². The summed E-state index contributed by atoms with van der Waals surface area (Å²) in [6.07, 6.45) is 4.53. The maximum atomic E-state index is 11.6. The normalized spacial score (nSPS) is 12.9. The monoisotopic (exact) mass is 291 g/mol. The predicted molar refractivity (Wildman–Crippen MR) is 78.2 cm³/mol. The fourth-order valence-electron chi connectivity index (χ4n) is 2.66. The van der Waals surface area contributed by atoms with Gasteiger partial charge in [-0.2, -0.15) is 5.10 Å². The average molecular weight is 291 g/mol. The molecule has 0 spiro atoms. The second-order valence-electron chi connectivity index (χ2n) is 4.93. The molecule has 2 aromatic rings. The number of ether oxygens (including phenoxy) is 1. The van der Waals surface area contributed by atoms with Gasteiger partial charge in [0.15, 0.2) is 5.06 Å². The molecule has 5 nitrogen and oxygen atoms in total. The lowest BCUT2D eigenvalue weighted by atomic mass is 9.91. The highest BCUT2D eigenvalue weighted by atomic mass is 32.1. The third-order valence-electron chi connectivity index (χ3n) is 3.53. The van der Waals surface area contributed by atoms with Crippen molar-refractivity contribution >= 4 is 17.2 Å². The molecular formula is C14H17N3O2S. The molecule has 0 saturated carbocycles. The first kappa shape index (κ1) is 13.2. The maximum absolute atomic E-state index is 11.6. The van der Waals surface area contributed by atoms with Crippen molar-refractivity contribution in [3.8, 4) is 16.3 Å². The van der Waals surface area contributed by atoms with E-state index < -0.39 is 0 Å². The van der Waals surface area contributed by atoms with Gasteiger partial charge in [-0.05, 0) is 30.4 Å². The minimum atomic E-state index is -0.372. The number of carbonyl (C=O) groups excluding carboxylic acids is 1. The maximum Gasteiger partial charge on any atom is 0.259 e. The summed E-state index contributed by atoms with van der Waals surface area (Å²) < 4.78 is 7.69. The molecule has 0 unspecified atom stereocenters. The van der Waals surface area contributed by atoms with E-state index in [1.807, 2.05) is 17.9 Å². The number of hydrogen-bond acceptors (Lipinski definition) is 4. The zero-order valence-electron chi connectivity index (χ0n) is 11.6. The number of fused-ring (bicyclic) bond motifs is 3. The lowest BCUT2D eigenvalue weighted by molar-refractivity contribution is 0.100. The second kappa shape index (κ2) is 4.94. The van der Waals surface area contributed by atoms with Gasteiger partial charge in [0.1, 0.15) is 0 Å². The Kier molecular flexibility index (Phi) is 3.25. The molecule has 0 bridgehead atoms. The minimum Gasteiger partial charge on any atom is -0.483 e. The molecule has 20 heavy (non-hydrogen) atoms. The molecule has 0 saturated heterocycles. The summed E-state index contributed by atoms with van der Waals surface area (Å²) in [6, 6.07) is 0. The molecule has 2 aromatic heterocycles. The summed E-state index contributed by atoms with van der Waals surface area (Å²) in [5.41, 5.74) is 9.80. The summed E-state index contributed by atoms with van der Waals surface area (Å²) in [7, 11) is 1.92. The highest BCUT2D eigenvalue weighted by molar-refractivity contribution is 7.16. The van der Waals surface area contributed by atoms with E-state index in [0.717, 1.165) is 41.1 Å². The van der Waals surface area contributed by atoms with E-state index in [-0.39, 0.29) is 5.91 Å². The molecular weight excluding hydrogens is 274 g/mol. The number of nitrogens with zero attached hydrogens (tertiary/aromatic N) is 2. The number of carbonyl (C=O) groups is 1. The molecule has 0 radical (unpaired) electrons. The van der Waals surface area contributed by atoms with Crippen LogP contribution in [0.1, 0.15) is 34.1 Å². The van der Waals surface area contributed by atoms with Gasteiger partial charge in [0.05, 0.1) is 28.9 Å². The standard InChI is InChI=1S/C14H17N3O2S/c1-3-6-19-14-10-9(12(20-14)13(15)18)5-4-8-7-16-17(2)11(8)10/h7H,3-6H2,1-2H3,(H2,15,18). The molecule has 2 N–H and O–H groups in total. The predicted octanol–water partition coefficient (Wildman–Crippen LogP) is 2.13. The second-order valence-corrected chi connectivity index (χ2v) is 5.91. The zero-order chi connectivity index (χ0) is 14.3. The number of aryl methyl sites for hydroxylation is 2. The Morgan fingerprint density at radius 1 is 1.55 bits per heavy atom. The first-order chi connectivity index (χ1) is 9.63. The first-order valence-corrected chi connectivity index (χ1v) is 7.54. The molecule has 0 atom stereocenters. The molecule has 1 aliphatic rings. The Balaban J connectivity index is 2.19. The van der Waals surface area contributed by atoms with E-state index in [1.54, 1.807) is 0 Å². The van der Waals surface area contributed by atoms with Gasteiger partial charge < -0.3 is 10.5 Å². The molecule has 0 aromatic carbocycles. The highest BCUT2D eigenvalue weighted by Crippen LogP contribution is 2.46. The quantitative estimate of drug-likeness (QED) is 0.938. The van der Waals surface area contributed by atoms with Gasteiger partial charge in [-0.3, -0.25) is 9.48 Å². The van der Waals surface area contributed by atoms with E-state index in [1.165, 1.54) is 16.9 Å². The van der Waals surface area contributed by atoms with Crippen molar-refractivity contribution in [2.75, 3.05) is 6.61 Å². The van der Waals surface area contributed by atoms with E-state index in [9.17, 15) is 4.79 Å². The smallest absolute Gasteiger partial charge is 0.259 e. The van der Waals surface area contributed by atoms with E-state index >= 15 is 0 Å². The lowest BCUT2D eigenvalue weighted by Crippen LogP contribution is -2.13. The van der Waals surface area contributed by atoms with Crippen LogP contribution in [-0.2, 0) is 19.9 Å². The molecule has 1 aliphatic carbocycles. The van der Waals surface area contributed by atoms with Crippen LogP contribution in [0.25, 0.3) is 11.3 Å². The van der Waals surface area contributed by atoms with Gasteiger partial charge in [0, 0.05) is 7.05 Å². The van der Waals surface area contributed by atoms with Crippen LogP contribution in [0, 0.1) is 0 Å². The Labute approximate surface area is 121 Å². The Morgan fingerprint density at radius 2 is 2.35 bits per heavy atom. The van der Waals surface area contributed by atoms with Crippen molar-refractivity contribution in [2.45, 2.75) is 26.2 Å². The van der Waals surface area contributed by atoms with Crippen LogP contribution in [0.2, 0.25) is 0 Å². The van der Waals surface area contributed by atoms with E-state index in [2.05, 4.69) is 12.0 Å². The van der Waals surface area contributed by atoms with E-state index in [0.29, 0.717) is 11.5 Å². The summed E-state index contributed by atoms with van der Waals surface area (Å²) in [4.78, 5) is 12.3. The van der Waals surface area contributed by atoms with Crippen molar-refractivity contribution in [1.82, 2.24) is 9.78 Å². The van der Waals surface area contributed by atoms with Crippen molar-refractivity contribution in [1.29, 1.82) is 0 Å². The average Bonchev–Trinajstić information content (AvgIpc) is 2.97. The number of nitrogens with two attached hydrogens (primary N) is 1.